The summed E-state index contributed by atoms with van der Waals surface area (Å²) in [5.74, 6) is -1.84. The smallest absolute Gasteiger partial charge is 0.550 e. The third-order valence-electron chi connectivity index (χ3n) is 5.29. The van der Waals surface area contributed by atoms with Crippen LogP contribution in [0.25, 0.3) is 0 Å². The first-order valence-corrected chi connectivity index (χ1v) is 13.2. The van der Waals surface area contributed by atoms with Crippen molar-refractivity contribution < 1.29 is 19.8 Å². The maximum atomic E-state index is 10.1. The minimum atomic E-state index is -0.918. The van der Waals surface area contributed by atoms with Crippen LogP contribution in [0.1, 0.15) is 142 Å². The van der Waals surface area contributed by atoms with Gasteiger partial charge < -0.3 is 19.8 Å². The van der Waals surface area contributed by atoms with E-state index in [0.29, 0.717) is 0 Å². The number of carbonyl (C=O) groups excluding carboxylic acids is 2. The van der Waals surface area contributed by atoms with Gasteiger partial charge in [-0.25, -0.2) is 0 Å². The number of aliphatic carboxylic acids is 2. The van der Waals surface area contributed by atoms with Gasteiger partial charge in [-0.3, -0.25) is 0 Å². The van der Waals surface area contributed by atoms with Crippen LogP contribution in [0.15, 0.2) is 24.3 Å². The Labute approximate surface area is 245 Å². The SMILES string of the molecule is CCCC/C=C\CCCCCCCC(=O)[O-].CCCC/C=C\CCCCCCCC(=O)[O-].[Ba+2]. The van der Waals surface area contributed by atoms with E-state index in [0.717, 1.165) is 38.5 Å². The Kier molecular flexibility index (Phi) is 38.9. The molecule has 0 radical (unpaired) electrons. The summed E-state index contributed by atoms with van der Waals surface area (Å²) in [6, 6.07) is 0. The third kappa shape index (κ3) is 42.6. The molecule has 5 heteroatoms. The van der Waals surface area contributed by atoms with Gasteiger partial charge in [-0.2, -0.15) is 0 Å². The number of rotatable bonds is 22. The van der Waals surface area contributed by atoms with Gasteiger partial charge in [-0.1, -0.05) is 102 Å². The number of hydrogen-bond acceptors (Lipinski definition) is 4. The minimum Gasteiger partial charge on any atom is -0.550 e. The van der Waals surface area contributed by atoms with E-state index in [2.05, 4.69) is 38.2 Å². The molecule has 0 aliphatic rings. The summed E-state index contributed by atoms with van der Waals surface area (Å²) in [5, 5.41) is 20.3. The molecule has 0 atom stereocenters. The van der Waals surface area contributed by atoms with E-state index in [1.54, 1.807) is 0 Å². The molecule has 0 bridgehead atoms. The third-order valence-corrected chi connectivity index (χ3v) is 5.29. The summed E-state index contributed by atoms with van der Waals surface area (Å²) in [5.41, 5.74) is 0. The van der Waals surface area contributed by atoms with Gasteiger partial charge >= 0.3 is 48.9 Å². The van der Waals surface area contributed by atoms with Gasteiger partial charge in [0.1, 0.15) is 0 Å². The van der Waals surface area contributed by atoms with Gasteiger partial charge in [0.05, 0.1) is 0 Å². The molecular formula is C28H50BaO4. The van der Waals surface area contributed by atoms with Crippen molar-refractivity contribution in [1.29, 1.82) is 0 Å². The summed E-state index contributed by atoms with van der Waals surface area (Å²) in [4.78, 5) is 20.3. The fraction of sp³-hybridized carbons (Fsp3) is 0.786. The molecule has 0 amide bonds. The van der Waals surface area contributed by atoms with Crippen molar-refractivity contribution in [3.8, 4) is 0 Å². The Hall–Kier alpha value is -0.00857. The minimum absolute atomic E-state index is 0. The van der Waals surface area contributed by atoms with E-state index in [-0.39, 0.29) is 61.7 Å². The second kappa shape index (κ2) is 34.2. The summed E-state index contributed by atoms with van der Waals surface area (Å²) < 4.78 is 0. The topological polar surface area (TPSA) is 80.3 Å². The zero-order chi connectivity index (χ0) is 24.1. The molecule has 188 valence electrons. The van der Waals surface area contributed by atoms with Crippen molar-refractivity contribution in [2.45, 2.75) is 142 Å². The van der Waals surface area contributed by atoms with E-state index >= 15 is 0 Å². The normalized spacial score (nSPS) is 10.7. The molecular weight excluding hydrogens is 538 g/mol. The van der Waals surface area contributed by atoms with Crippen LogP contribution in [0, 0.1) is 0 Å². The second-order valence-corrected chi connectivity index (χ2v) is 8.58. The molecule has 0 saturated carbocycles. The van der Waals surface area contributed by atoms with Crippen molar-refractivity contribution in [1.82, 2.24) is 0 Å². The Bertz CT molecular complexity index is 419. The van der Waals surface area contributed by atoms with Crippen LogP contribution in [0.3, 0.4) is 0 Å². The summed E-state index contributed by atoms with van der Waals surface area (Å²) in [7, 11) is 0. The van der Waals surface area contributed by atoms with E-state index in [4.69, 9.17) is 0 Å². The van der Waals surface area contributed by atoms with Crippen molar-refractivity contribution in [2.24, 2.45) is 0 Å². The van der Waals surface area contributed by atoms with Gasteiger partial charge in [0, 0.05) is 11.9 Å². The fourth-order valence-electron chi connectivity index (χ4n) is 3.24. The second-order valence-electron chi connectivity index (χ2n) is 8.58. The monoisotopic (exact) mass is 588 g/mol. The fourth-order valence-corrected chi connectivity index (χ4v) is 3.24. The molecule has 0 saturated heterocycles. The average molecular weight is 588 g/mol. The molecule has 0 N–H and O–H groups in total. The van der Waals surface area contributed by atoms with E-state index < -0.39 is 11.9 Å². The molecule has 0 spiro atoms. The predicted octanol–water partition coefficient (Wildman–Crippen LogP) is 6.05. The summed E-state index contributed by atoms with van der Waals surface area (Å²) in [6.07, 6.45) is 30.2. The van der Waals surface area contributed by atoms with Gasteiger partial charge in [0.15, 0.2) is 0 Å². The first kappa shape index (κ1) is 37.5. The Morgan fingerprint density at radius 3 is 1.06 bits per heavy atom. The number of carboxylic acids is 2. The molecule has 0 aromatic heterocycles. The van der Waals surface area contributed by atoms with Gasteiger partial charge in [-0.15, -0.1) is 0 Å². The molecule has 0 aliphatic heterocycles. The zero-order valence-corrected chi connectivity index (χ0v) is 26.2. The van der Waals surface area contributed by atoms with Crippen LogP contribution in [0.4, 0.5) is 0 Å². The van der Waals surface area contributed by atoms with Crippen molar-refractivity contribution >= 4 is 60.8 Å². The molecule has 0 unspecified atom stereocenters. The van der Waals surface area contributed by atoms with Crippen LogP contribution >= 0.6 is 0 Å². The van der Waals surface area contributed by atoms with Crippen LogP contribution in [-0.4, -0.2) is 60.8 Å². The Morgan fingerprint density at radius 2 is 0.758 bits per heavy atom. The van der Waals surface area contributed by atoms with E-state index in [1.807, 2.05) is 0 Å². The van der Waals surface area contributed by atoms with E-state index in [1.165, 1.54) is 77.0 Å². The largest absolute Gasteiger partial charge is 2.00 e. The quantitative estimate of drug-likeness (QED) is 0.0878. The van der Waals surface area contributed by atoms with Crippen molar-refractivity contribution in [3.05, 3.63) is 24.3 Å². The maximum absolute atomic E-state index is 10.1. The Balaban J connectivity index is -0.000000529. The molecule has 0 aromatic carbocycles. The van der Waals surface area contributed by atoms with E-state index in [9.17, 15) is 19.8 Å². The zero-order valence-electron chi connectivity index (χ0n) is 21.8. The van der Waals surface area contributed by atoms with Crippen LogP contribution < -0.4 is 10.2 Å². The first-order chi connectivity index (χ1) is 15.5. The van der Waals surface area contributed by atoms with Crippen molar-refractivity contribution in [3.63, 3.8) is 0 Å². The predicted molar refractivity (Wildman–Crippen MR) is 138 cm³/mol. The van der Waals surface area contributed by atoms with Gasteiger partial charge in [-0.05, 0) is 64.2 Å². The Morgan fingerprint density at radius 1 is 0.485 bits per heavy atom. The molecule has 33 heavy (non-hydrogen) atoms. The molecule has 4 nitrogen and oxygen atoms in total. The summed E-state index contributed by atoms with van der Waals surface area (Å²) >= 11 is 0. The number of carboxylic acid groups (broad SMARTS) is 2. The molecule has 0 rings (SSSR count). The number of hydrogen-bond donors (Lipinski definition) is 0. The number of unbranched alkanes of at least 4 members (excludes halogenated alkanes) is 14. The number of carbonyl (C=O) groups is 2. The molecule has 0 fully saturated rings. The average Bonchev–Trinajstić information content (AvgIpc) is 2.76. The van der Waals surface area contributed by atoms with Crippen LogP contribution in [0.2, 0.25) is 0 Å². The molecule has 0 aliphatic carbocycles. The maximum Gasteiger partial charge on any atom is 2.00 e. The van der Waals surface area contributed by atoms with Gasteiger partial charge in [0.2, 0.25) is 0 Å². The van der Waals surface area contributed by atoms with Crippen LogP contribution in [0.5, 0.6) is 0 Å². The standard InChI is InChI=1S/2C14H26O2.Ba/c2*1-2-3-4-5-6-7-8-9-10-11-12-13-14(15)16;/h2*5-6H,2-4,7-13H2,1H3,(H,15,16);/q;;+2/p-2/b2*6-5-;. The molecule has 0 aromatic rings. The van der Waals surface area contributed by atoms with Crippen LogP contribution in [-0.2, 0) is 9.59 Å². The first-order valence-electron chi connectivity index (χ1n) is 13.2. The molecule has 0 heterocycles. The van der Waals surface area contributed by atoms with Crippen molar-refractivity contribution in [2.75, 3.05) is 0 Å². The number of allylic oxidation sites excluding steroid dienone is 4. The van der Waals surface area contributed by atoms with Gasteiger partial charge in [0.25, 0.3) is 0 Å². The summed E-state index contributed by atoms with van der Waals surface area (Å²) in [6.45, 7) is 4.42.